The highest BCUT2D eigenvalue weighted by atomic mass is 32.2. The van der Waals surface area contributed by atoms with E-state index in [-0.39, 0.29) is 0 Å². The van der Waals surface area contributed by atoms with Crippen LogP contribution in [-0.2, 0) is 0 Å². The van der Waals surface area contributed by atoms with Crippen molar-refractivity contribution in [3.8, 4) is 17.5 Å². The molecule has 0 N–H and O–H groups in total. The number of rotatable bonds is 6. The molecule has 0 fully saturated rings. The number of hydrogen-bond donors (Lipinski definition) is 0. The fraction of sp³-hybridized carbons (Fsp3) is 0.125. The normalized spacial score (nSPS) is 10.2. The molecule has 0 aliphatic heterocycles. The minimum Gasteiger partial charge on any atom is -0.493 e. The van der Waals surface area contributed by atoms with Gasteiger partial charge >= 0.3 is 0 Å². The second-order valence-corrected chi connectivity index (χ2v) is 5.60. The van der Waals surface area contributed by atoms with Crippen molar-refractivity contribution in [1.82, 2.24) is 20.2 Å². The zero-order valence-corrected chi connectivity index (χ0v) is 13.0. The highest BCUT2D eigenvalue weighted by molar-refractivity contribution is 7.99. The summed E-state index contributed by atoms with van der Waals surface area (Å²) in [5.74, 6) is 1.46. The number of para-hydroxylation sites is 1. The molecule has 7 heteroatoms. The number of tetrazole rings is 1. The lowest BCUT2D eigenvalue weighted by Gasteiger charge is -2.06. The fourth-order valence-electron chi connectivity index (χ4n) is 1.92. The Hall–Kier alpha value is -2.85. The first kappa shape index (κ1) is 15.1. The molecule has 0 aliphatic rings. The number of thioether (sulfide) groups is 1. The van der Waals surface area contributed by atoms with Crippen LogP contribution in [0.2, 0.25) is 0 Å². The van der Waals surface area contributed by atoms with Crippen LogP contribution in [0.25, 0.3) is 5.69 Å². The van der Waals surface area contributed by atoms with Gasteiger partial charge in [0, 0.05) is 5.75 Å². The van der Waals surface area contributed by atoms with E-state index in [0.717, 1.165) is 16.6 Å². The molecule has 0 atom stereocenters. The second kappa shape index (κ2) is 7.42. The number of nitrogens with zero attached hydrogens (tertiary/aromatic N) is 5. The minimum atomic E-state index is 0.526. The molecule has 0 aliphatic carbocycles. The third-order valence-electron chi connectivity index (χ3n) is 3.01. The van der Waals surface area contributed by atoms with E-state index >= 15 is 0 Å². The summed E-state index contributed by atoms with van der Waals surface area (Å²) in [5.41, 5.74) is 1.54. The largest absolute Gasteiger partial charge is 0.493 e. The number of hydrogen-bond acceptors (Lipinski definition) is 6. The fourth-order valence-corrected chi connectivity index (χ4v) is 2.63. The molecule has 0 unspecified atom stereocenters. The van der Waals surface area contributed by atoms with Crippen molar-refractivity contribution in [2.24, 2.45) is 0 Å². The van der Waals surface area contributed by atoms with E-state index in [1.165, 1.54) is 11.8 Å². The lowest BCUT2D eigenvalue weighted by molar-refractivity contribution is 0.344. The van der Waals surface area contributed by atoms with Crippen LogP contribution in [0.1, 0.15) is 5.56 Å². The molecule has 0 amide bonds. The molecule has 23 heavy (non-hydrogen) atoms. The molecule has 0 radical (unpaired) electrons. The first-order valence-electron chi connectivity index (χ1n) is 6.96. The molecule has 1 aromatic heterocycles. The number of benzene rings is 2. The Labute approximate surface area is 137 Å². The van der Waals surface area contributed by atoms with Gasteiger partial charge in [0.1, 0.15) is 5.75 Å². The molecule has 0 spiro atoms. The first-order chi connectivity index (χ1) is 11.4. The molecule has 2 aromatic carbocycles. The Morgan fingerprint density at radius 1 is 1.09 bits per heavy atom. The number of nitriles is 1. The van der Waals surface area contributed by atoms with Gasteiger partial charge in [-0.15, -0.1) is 5.10 Å². The van der Waals surface area contributed by atoms with Crippen LogP contribution in [0.3, 0.4) is 0 Å². The molecule has 114 valence electrons. The maximum atomic E-state index is 8.75. The lowest BCUT2D eigenvalue weighted by atomic mass is 10.2. The van der Waals surface area contributed by atoms with Gasteiger partial charge in [-0.3, -0.25) is 0 Å². The Bertz CT molecular complexity index is 795. The Kier molecular flexibility index (Phi) is 4.86. The Morgan fingerprint density at radius 3 is 2.61 bits per heavy atom. The van der Waals surface area contributed by atoms with Crippen molar-refractivity contribution in [1.29, 1.82) is 5.26 Å². The Balaban J connectivity index is 1.53. The van der Waals surface area contributed by atoms with Crippen LogP contribution in [-0.4, -0.2) is 32.6 Å². The van der Waals surface area contributed by atoms with E-state index in [0.29, 0.717) is 17.9 Å². The summed E-state index contributed by atoms with van der Waals surface area (Å²) in [5, 5.41) is 21.2. The summed E-state index contributed by atoms with van der Waals surface area (Å²) in [6, 6.07) is 18.9. The summed E-state index contributed by atoms with van der Waals surface area (Å²) >= 11 is 1.52. The van der Waals surface area contributed by atoms with E-state index < -0.39 is 0 Å². The molecule has 3 aromatic rings. The minimum absolute atomic E-state index is 0.526. The van der Waals surface area contributed by atoms with Gasteiger partial charge < -0.3 is 4.74 Å². The van der Waals surface area contributed by atoms with Crippen molar-refractivity contribution in [3.05, 3.63) is 60.2 Å². The third-order valence-corrected chi connectivity index (χ3v) is 3.89. The predicted octanol–water partition coefficient (Wildman–Crippen LogP) is 2.71. The summed E-state index contributed by atoms with van der Waals surface area (Å²) < 4.78 is 7.34. The van der Waals surface area contributed by atoms with Crippen molar-refractivity contribution in [2.75, 3.05) is 12.4 Å². The van der Waals surface area contributed by atoms with Gasteiger partial charge in [0.2, 0.25) is 5.16 Å². The standard InChI is InChI=1S/C16H13N5OS/c17-12-13-6-8-15(9-7-13)22-10-11-23-16-18-19-20-21(16)14-4-2-1-3-5-14/h1-9H,10-11H2. The zero-order valence-electron chi connectivity index (χ0n) is 12.2. The average Bonchev–Trinajstić information content (AvgIpc) is 3.08. The predicted molar refractivity (Wildman–Crippen MR) is 86.5 cm³/mol. The smallest absolute Gasteiger partial charge is 0.214 e. The van der Waals surface area contributed by atoms with Crippen molar-refractivity contribution >= 4 is 11.8 Å². The van der Waals surface area contributed by atoms with Gasteiger partial charge in [-0.25, -0.2) is 0 Å². The van der Waals surface area contributed by atoms with Crippen molar-refractivity contribution in [3.63, 3.8) is 0 Å². The monoisotopic (exact) mass is 323 g/mol. The van der Waals surface area contributed by atoms with Gasteiger partial charge in [0.15, 0.2) is 0 Å². The summed E-state index contributed by atoms with van der Waals surface area (Å²) in [6.45, 7) is 0.526. The van der Waals surface area contributed by atoms with E-state index in [2.05, 4.69) is 21.6 Å². The van der Waals surface area contributed by atoms with E-state index in [9.17, 15) is 0 Å². The van der Waals surface area contributed by atoms with Crippen LogP contribution in [0.4, 0.5) is 0 Å². The molecule has 0 saturated heterocycles. The van der Waals surface area contributed by atoms with E-state index in [1.54, 1.807) is 28.9 Å². The highest BCUT2D eigenvalue weighted by Crippen LogP contribution is 2.18. The SMILES string of the molecule is N#Cc1ccc(OCCSc2nnnn2-c2ccccc2)cc1. The van der Waals surface area contributed by atoms with Gasteiger partial charge in [0.05, 0.1) is 23.9 Å². The zero-order chi connectivity index (χ0) is 15.9. The lowest BCUT2D eigenvalue weighted by Crippen LogP contribution is -2.03. The van der Waals surface area contributed by atoms with Gasteiger partial charge in [-0.2, -0.15) is 9.94 Å². The molecular formula is C16H13N5OS. The molecule has 0 saturated carbocycles. The number of aromatic nitrogens is 4. The quantitative estimate of drug-likeness (QED) is 0.513. The van der Waals surface area contributed by atoms with Gasteiger partial charge in [0.25, 0.3) is 0 Å². The third kappa shape index (κ3) is 3.87. The van der Waals surface area contributed by atoms with Crippen LogP contribution < -0.4 is 4.74 Å². The maximum absolute atomic E-state index is 8.75. The molecule has 3 rings (SSSR count). The summed E-state index contributed by atoms with van der Waals surface area (Å²) in [4.78, 5) is 0. The van der Waals surface area contributed by atoms with Crippen LogP contribution in [0.15, 0.2) is 59.8 Å². The highest BCUT2D eigenvalue weighted by Gasteiger charge is 2.08. The molecular weight excluding hydrogens is 310 g/mol. The summed E-state index contributed by atoms with van der Waals surface area (Å²) in [6.07, 6.45) is 0. The van der Waals surface area contributed by atoms with Crippen molar-refractivity contribution in [2.45, 2.75) is 5.16 Å². The van der Waals surface area contributed by atoms with E-state index in [4.69, 9.17) is 10.00 Å². The topological polar surface area (TPSA) is 76.6 Å². The first-order valence-corrected chi connectivity index (χ1v) is 7.95. The Morgan fingerprint density at radius 2 is 1.87 bits per heavy atom. The molecule has 1 heterocycles. The van der Waals surface area contributed by atoms with Crippen LogP contribution in [0, 0.1) is 11.3 Å². The summed E-state index contributed by atoms with van der Waals surface area (Å²) in [7, 11) is 0. The van der Waals surface area contributed by atoms with Crippen LogP contribution in [0.5, 0.6) is 5.75 Å². The second-order valence-electron chi connectivity index (χ2n) is 4.54. The number of ether oxygens (including phenoxy) is 1. The van der Waals surface area contributed by atoms with Gasteiger partial charge in [-0.05, 0) is 46.8 Å². The van der Waals surface area contributed by atoms with Crippen molar-refractivity contribution < 1.29 is 4.74 Å². The average molecular weight is 323 g/mol. The maximum Gasteiger partial charge on any atom is 0.214 e. The molecule has 6 nitrogen and oxygen atoms in total. The molecule has 0 bridgehead atoms. The van der Waals surface area contributed by atoms with Gasteiger partial charge in [-0.1, -0.05) is 30.0 Å². The van der Waals surface area contributed by atoms with Crippen LogP contribution >= 0.6 is 11.8 Å². The van der Waals surface area contributed by atoms with E-state index in [1.807, 2.05) is 30.3 Å².